The molecule has 0 aromatic carbocycles. The SMILES string of the molecule is CC(C)(C)N(C(=O)O)C12CCC(N)(CC1)CC2.Cl. The van der Waals surface area contributed by atoms with E-state index in [0.717, 1.165) is 38.5 Å². The molecule has 0 aromatic heterocycles. The van der Waals surface area contributed by atoms with Crippen molar-refractivity contribution in [2.75, 3.05) is 0 Å². The minimum Gasteiger partial charge on any atom is -0.465 e. The first-order valence-corrected chi connectivity index (χ1v) is 6.51. The normalized spacial score (nSPS) is 34.9. The Bertz CT molecular complexity index is 314. The van der Waals surface area contributed by atoms with Gasteiger partial charge in [0.25, 0.3) is 0 Å². The van der Waals surface area contributed by atoms with E-state index in [0.29, 0.717) is 0 Å². The number of carboxylic acid groups (broad SMARTS) is 1. The number of nitrogens with zero attached hydrogens (tertiary/aromatic N) is 1. The summed E-state index contributed by atoms with van der Waals surface area (Å²) in [4.78, 5) is 13.3. The van der Waals surface area contributed by atoms with Crippen molar-refractivity contribution in [3.8, 4) is 0 Å². The summed E-state index contributed by atoms with van der Waals surface area (Å²) in [5.41, 5.74) is 5.77. The number of amides is 1. The molecule has 3 fully saturated rings. The average Bonchev–Trinajstić information content (AvgIpc) is 2.17. The number of fused-ring (bicyclic) bond motifs is 3. The molecule has 3 aliphatic rings. The molecule has 0 saturated heterocycles. The van der Waals surface area contributed by atoms with E-state index in [1.807, 2.05) is 20.8 Å². The maximum absolute atomic E-state index is 11.6. The quantitative estimate of drug-likeness (QED) is 0.774. The maximum Gasteiger partial charge on any atom is 0.408 e. The Morgan fingerprint density at radius 3 is 1.78 bits per heavy atom. The molecule has 0 spiro atoms. The Hall–Kier alpha value is -0.480. The molecule has 0 atom stereocenters. The summed E-state index contributed by atoms with van der Waals surface area (Å²) in [6, 6.07) is 0. The van der Waals surface area contributed by atoms with Crippen LogP contribution in [0.15, 0.2) is 0 Å². The number of rotatable bonds is 1. The highest BCUT2D eigenvalue weighted by Crippen LogP contribution is 2.50. The van der Waals surface area contributed by atoms with Gasteiger partial charge in [0.05, 0.1) is 0 Å². The third-order valence-electron chi connectivity index (χ3n) is 4.60. The zero-order valence-electron chi connectivity index (χ0n) is 11.5. The van der Waals surface area contributed by atoms with Gasteiger partial charge in [-0.05, 0) is 59.3 Å². The fourth-order valence-electron chi connectivity index (χ4n) is 3.73. The van der Waals surface area contributed by atoms with Gasteiger partial charge >= 0.3 is 6.09 Å². The van der Waals surface area contributed by atoms with Crippen LogP contribution in [0.3, 0.4) is 0 Å². The minimum absolute atomic E-state index is 0. The fraction of sp³-hybridized carbons (Fsp3) is 0.923. The molecule has 5 heteroatoms. The zero-order chi connectivity index (χ0) is 12.9. The van der Waals surface area contributed by atoms with Crippen LogP contribution >= 0.6 is 12.4 Å². The number of carbonyl (C=O) groups is 1. The lowest BCUT2D eigenvalue weighted by atomic mass is 9.60. The van der Waals surface area contributed by atoms with E-state index < -0.39 is 6.09 Å². The Labute approximate surface area is 115 Å². The first-order valence-electron chi connectivity index (χ1n) is 6.51. The van der Waals surface area contributed by atoms with E-state index >= 15 is 0 Å². The van der Waals surface area contributed by atoms with E-state index in [1.165, 1.54) is 0 Å². The van der Waals surface area contributed by atoms with E-state index in [4.69, 9.17) is 5.73 Å². The highest BCUT2D eigenvalue weighted by Gasteiger charge is 2.53. The molecule has 3 N–H and O–H groups in total. The van der Waals surface area contributed by atoms with Gasteiger partial charge in [0.2, 0.25) is 0 Å². The van der Waals surface area contributed by atoms with Crippen molar-refractivity contribution in [3.63, 3.8) is 0 Å². The lowest BCUT2D eigenvalue weighted by Crippen LogP contribution is -2.66. The van der Waals surface area contributed by atoms with Crippen molar-refractivity contribution in [1.82, 2.24) is 4.90 Å². The van der Waals surface area contributed by atoms with Gasteiger partial charge in [-0.25, -0.2) is 4.79 Å². The third-order valence-corrected chi connectivity index (χ3v) is 4.60. The molecule has 0 aromatic rings. The predicted octanol–water partition coefficient (Wildman–Crippen LogP) is 2.99. The summed E-state index contributed by atoms with van der Waals surface area (Å²) < 4.78 is 0. The number of halogens is 1. The Morgan fingerprint density at radius 2 is 1.50 bits per heavy atom. The van der Waals surface area contributed by atoms with Crippen molar-refractivity contribution >= 4 is 18.5 Å². The van der Waals surface area contributed by atoms with E-state index in [1.54, 1.807) is 4.90 Å². The summed E-state index contributed by atoms with van der Waals surface area (Å²) in [5, 5.41) is 9.53. The Kier molecular flexibility index (Phi) is 3.95. The summed E-state index contributed by atoms with van der Waals surface area (Å²) in [6.45, 7) is 5.94. The summed E-state index contributed by atoms with van der Waals surface area (Å²) in [5.74, 6) is 0. The monoisotopic (exact) mass is 276 g/mol. The average molecular weight is 277 g/mol. The van der Waals surface area contributed by atoms with Crippen LogP contribution in [-0.4, -0.2) is 32.7 Å². The van der Waals surface area contributed by atoms with Gasteiger partial charge in [0.15, 0.2) is 0 Å². The molecule has 0 unspecified atom stereocenters. The van der Waals surface area contributed by atoms with Crippen LogP contribution in [0.25, 0.3) is 0 Å². The molecule has 106 valence electrons. The van der Waals surface area contributed by atoms with Gasteiger partial charge in [-0.15, -0.1) is 12.4 Å². The van der Waals surface area contributed by atoms with Gasteiger partial charge in [-0.2, -0.15) is 0 Å². The maximum atomic E-state index is 11.6. The molecule has 3 rings (SSSR count). The predicted molar refractivity (Wildman–Crippen MR) is 74.2 cm³/mol. The van der Waals surface area contributed by atoms with Crippen LogP contribution in [-0.2, 0) is 0 Å². The lowest BCUT2D eigenvalue weighted by Gasteiger charge is -2.58. The van der Waals surface area contributed by atoms with Crippen molar-refractivity contribution in [3.05, 3.63) is 0 Å². The summed E-state index contributed by atoms with van der Waals surface area (Å²) in [7, 11) is 0. The smallest absolute Gasteiger partial charge is 0.408 e. The second-order valence-electron chi connectivity index (χ2n) is 6.88. The Morgan fingerprint density at radius 1 is 1.11 bits per heavy atom. The Balaban J connectivity index is 0.00000162. The molecular formula is C13H25ClN2O2. The summed E-state index contributed by atoms with van der Waals surface area (Å²) >= 11 is 0. The van der Waals surface area contributed by atoms with E-state index in [2.05, 4.69) is 0 Å². The minimum atomic E-state index is -0.788. The first-order chi connectivity index (χ1) is 7.69. The van der Waals surface area contributed by atoms with Gasteiger partial charge in [-0.1, -0.05) is 0 Å². The van der Waals surface area contributed by atoms with Crippen LogP contribution in [0.2, 0.25) is 0 Å². The van der Waals surface area contributed by atoms with Gasteiger partial charge < -0.3 is 10.8 Å². The molecule has 3 aliphatic carbocycles. The number of hydrogen-bond acceptors (Lipinski definition) is 2. The zero-order valence-corrected chi connectivity index (χ0v) is 12.3. The molecule has 4 nitrogen and oxygen atoms in total. The van der Waals surface area contributed by atoms with Gasteiger partial charge in [0, 0.05) is 16.6 Å². The molecule has 18 heavy (non-hydrogen) atoms. The molecular weight excluding hydrogens is 252 g/mol. The second kappa shape index (κ2) is 4.57. The van der Waals surface area contributed by atoms with Gasteiger partial charge in [-0.3, -0.25) is 4.90 Å². The van der Waals surface area contributed by atoms with Crippen molar-refractivity contribution in [1.29, 1.82) is 0 Å². The highest BCUT2D eigenvalue weighted by atomic mass is 35.5. The van der Waals surface area contributed by atoms with Crippen LogP contribution in [0.4, 0.5) is 4.79 Å². The molecule has 1 amide bonds. The third kappa shape index (κ3) is 2.45. The number of nitrogens with two attached hydrogens (primary N) is 1. The molecule has 0 aliphatic heterocycles. The molecule has 2 bridgehead atoms. The van der Waals surface area contributed by atoms with Crippen molar-refractivity contribution < 1.29 is 9.90 Å². The standard InChI is InChI=1S/C13H24N2O2.ClH/c1-11(2,3)15(10(16)17)13-7-4-12(14,5-8-13)6-9-13;/h4-9,14H2,1-3H3,(H,16,17);1H. The van der Waals surface area contributed by atoms with E-state index in [9.17, 15) is 9.90 Å². The number of hydrogen-bond donors (Lipinski definition) is 2. The largest absolute Gasteiger partial charge is 0.465 e. The van der Waals surface area contributed by atoms with Crippen LogP contribution in [0, 0.1) is 0 Å². The topological polar surface area (TPSA) is 66.6 Å². The second-order valence-corrected chi connectivity index (χ2v) is 6.88. The van der Waals surface area contributed by atoms with Crippen molar-refractivity contribution in [2.45, 2.75) is 75.9 Å². The molecule has 3 saturated carbocycles. The van der Waals surface area contributed by atoms with Crippen LogP contribution in [0.1, 0.15) is 59.3 Å². The molecule has 0 radical (unpaired) electrons. The van der Waals surface area contributed by atoms with Crippen molar-refractivity contribution in [2.24, 2.45) is 5.73 Å². The highest BCUT2D eigenvalue weighted by molar-refractivity contribution is 5.85. The van der Waals surface area contributed by atoms with Crippen LogP contribution < -0.4 is 5.73 Å². The van der Waals surface area contributed by atoms with E-state index in [-0.39, 0.29) is 29.0 Å². The van der Waals surface area contributed by atoms with Gasteiger partial charge in [0.1, 0.15) is 0 Å². The fourth-order valence-corrected chi connectivity index (χ4v) is 3.73. The molecule has 0 heterocycles. The lowest BCUT2D eigenvalue weighted by molar-refractivity contribution is -0.0516. The van der Waals surface area contributed by atoms with Crippen LogP contribution in [0.5, 0.6) is 0 Å². The summed E-state index contributed by atoms with van der Waals surface area (Å²) in [6.07, 6.45) is 4.88. The first kappa shape index (κ1) is 15.6.